The maximum absolute atomic E-state index is 14.6. The van der Waals surface area contributed by atoms with Gasteiger partial charge < -0.3 is 25.2 Å². The molecule has 4 rings (SSSR count). The molecule has 2 aromatic rings. The van der Waals surface area contributed by atoms with Crippen LogP contribution in [0.1, 0.15) is 12.0 Å². The Morgan fingerprint density at radius 1 is 1.03 bits per heavy atom. The average Bonchev–Trinajstić information content (AvgIpc) is 3.25. The molecule has 0 bridgehead atoms. The molecular weight excluding hydrogens is 546 g/mol. The van der Waals surface area contributed by atoms with Crippen molar-refractivity contribution in [2.45, 2.75) is 19.0 Å². The predicted molar refractivity (Wildman–Crippen MR) is 135 cm³/mol. The number of hydrogen-bond donors (Lipinski definition) is 2. The summed E-state index contributed by atoms with van der Waals surface area (Å²) >= 11 is 0. The van der Waals surface area contributed by atoms with E-state index in [-0.39, 0.29) is 41.5 Å². The summed E-state index contributed by atoms with van der Waals surface area (Å²) in [6.07, 6.45) is 0.720. The third kappa shape index (κ3) is 6.23. The molecule has 0 aliphatic carbocycles. The van der Waals surface area contributed by atoms with Crippen molar-refractivity contribution in [2.24, 2.45) is 4.99 Å². The Balaban J connectivity index is 0.00000306. The highest BCUT2D eigenvalue weighted by molar-refractivity contribution is 14.0. The minimum atomic E-state index is -0.560. The Hall–Kier alpha value is -2.21. The Morgan fingerprint density at radius 2 is 1.76 bits per heavy atom. The van der Waals surface area contributed by atoms with E-state index in [9.17, 15) is 13.2 Å². The van der Waals surface area contributed by atoms with Gasteiger partial charge in [-0.05, 0) is 36.2 Å². The number of hydrogen-bond acceptors (Lipinski definition) is 4. The van der Waals surface area contributed by atoms with E-state index in [2.05, 4.69) is 15.6 Å². The normalized spacial score (nSPS) is 18.8. The average molecular weight is 575 g/mol. The molecule has 2 N–H and O–H groups in total. The van der Waals surface area contributed by atoms with E-state index in [0.29, 0.717) is 57.6 Å². The molecule has 2 heterocycles. The van der Waals surface area contributed by atoms with E-state index in [1.807, 2.05) is 11.0 Å². The minimum absolute atomic E-state index is 0. The van der Waals surface area contributed by atoms with Crippen LogP contribution >= 0.6 is 24.0 Å². The lowest BCUT2D eigenvalue weighted by Gasteiger charge is -2.29. The van der Waals surface area contributed by atoms with Gasteiger partial charge in [0.15, 0.2) is 5.96 Å². The second kappa shape index (κ2) is 11.8. The second-order valence-electron chi connectivity index (χ2n) is 7.96. The number of ether oxygens (including phenoxy) is 1. The van der Waals surface area contributed by atoms with Crippen molar-refractivity contribution >= 4 is 41.3 Å². The highest BCUT2D eigenvalue weighted by Crippen LogP contribution is 2.27. The molecule has 2 aliphatic rings. The third-order valence-electron chi connectivity index (χ3n) is 5.83. The number of guanidine groups is 1. The first kappa shape index (κ1) is 25.4. The number of para-hydroxylation sites is 1. The summed E-state index contributed by atoms with van der Waals surface area (Å²) in [5, 5.41) is 6.48. The largest absolute Gasteiger partial charge is 0.378 e. The van der Waals surface area contributed by atoms with Crippen LogP contribution in [-0.2, 0) is 11.3 Å². The van der Waals surface area contributed by atoms with Crippen molar-refractivity contribution in [3.8, 4) is 0 Å². The summed E-state index contributed by atoms with van der Waals surface area (Å²) in [6.45, 7) is 3.97. The molecule has 0 spiro atoms. The van der Waals surface area contributed by atoms with Crippen molar-refractivity contribution in [1.29, 1.82) is 0 Å². The first-order chi connectivity index (χ1) is 15.5. The summed E-state index contributed by atoms with van der Waals surface area (Å²) in [4.78, 5) is 7.92. The lowest BCUT2D eigenvalue weighted by atomic mass is 10.1. The summed E-state index contributed by atoms with van der Waals surface area (Å²) in [6, 6.07) is 9.11. The van der Waals surface area contributed by atoms with E-state index in [1.54, 1.807) is 18.0 Å². The van der Waals surface area contributed by atoms with Crippen LogP contribution in [0.25, 0.3) is 0 Å². The number of morpholine rings is 1. The highest BCUT2D eigenvalue weighted by Gasteiger charge is 2.27. The Morgan fingerprint density at radius 3 is 2.42 bits per heavy atom. The molecule has 1 unspecified atom stereocenters. The fourth-order valence-electron chi connectivity index (χ4n) is 4.17. The van der Waals surface area contributed by atoms with Gasteiger partial charge in [-0.25, -0.2) is 13.2 Å². The molecule has 33 heavy (non-hydrogen) atoms. The standard InChI is InChI=1S/C23H28F3N5O.HI/c1-27-23(29-17-7-8-31(15-17)22-18(24)3-2-4-19(22)25)28-14-16-5-6-21(20(26)13-16)30-9-11-32-12-10-30;/h2-6,13,17H,7-12,14-15H2,1H3,(H2,27,28,29);1H. The maximum Gasteiger partial charge on any atom is 0.191 e. The smallest absolute Gasteiger partial charge is 0.191 e. The molecule has 0 amide bonds. The van der Waals surface area contributed by atoms with E-state index >= 15 is 0 Å². The third-order valence-corrected chi connectivity index (χ3v) is 5.83. The van der Waals surface area contributed by atoms with Crippen LogP contribution in [0.5, 0.6) is 0 Å². The van der Waals surface area contributed by atoms with Crippen molar-refractivity contribution in [3.63, 3.8) is 0 Å². The summed E-state index contributed by atoms with van der Waals surface area (Å²) in [7, 11) is 1.65. The van der Waals surface area contributed by atoms with Crippen molar-refractivity contribution in [3.05, 3.63) is 59.4 Å². The molecule has 0 saturated carbocycles. The molecule has 6 nitrogen and oxygen atoms in total. The topological polar surface area (TPSA) is 52.1 Å². The van der Waals surface area contributed by atoms with Gasteiger partial charge in [-0.3, -0.25) is 4.99 Å². The number of benzene rings is 2. The number of nitrogens with zero attached hydrogens (tertiary/aromatic N) is 3. The predicted octanol–water partition coefficient (Wildman–Crippen LogP) is 3.50. The van der Waals surface area contributed by atoms with Gasteiger partial charge in [-0.2, -0.15) is 0 Å². The van der Waals surface area contributed by atoms with Gasteiger partial charge >= 0.3 is 0 Å². The Kier molecular flexibility index (Phi) is 9.07. The number of nitrogens with one attached hydrogen (secondary N) is 2. The van der Waals surface area contributed by atoms with E-state index in [0.717, 1.165) is 12.0 Å². The summed E-state index contributed by atoms with van der Waals surface area (Å²) < 4.78 is 48.1. The quantitative estimate of drug-likeness (QED) is 0.325. The SMILES string of the molecule is CN=C(NCc1ccc(N2CCOCC2)c(F)c1)NC1CCN(c2c(F)cccc2F)C1.I. The van der Waals surface area contributed by atoms with E-state index in [1.165, 1.54) is 24.3 Å². The molecule has 2 saturated heterocycles. The van der Waals surface area contributed by atoms with Crippen LogP contribution in [0.15, 0.2) is 41.4 Å². The molecular formula is C23H29F3IN5O. The summed E-state index contributed by atoms with van der Waals surface area (Å²) in [5.74, 6) is -0.817. The monoisotopic (exact) mass is 575 g/mol. The summed E-state index contributed by atoms with van der Waals surface area (Å²) in [5.41, 5.74) is 1.39. The zero-order valence-corrected chi connectivity index (χ0v) is 20.8. The minimum Gasteiger partial charge on any atom is -0.378 e. The fraction of sp³-hybridized carbons (Fsp3) is 0.435. The van der Waals surface area contributed by atoms with Crippen LogP contribution in [0.2, 0.25) is 0 Å². The van der Waals surface area contributed by atoms with Gasteiger partial charge in [0.25, 0.3) is 0 Å². The van der Waals surface area contributed by atoms with Gasteiger partial charge in [-0.15, -0.1) is 24.0 Å². The lowest BCUT2D eigenvalue weighted by molar-refractivity contribution is 0.122. The van der Waals surface area contributed by atoms with E-state index < -0.39 is 11.6 Å². The fourth-order valence-corrected chi connectivity index (χ4v) is 4.17. The lowest BCUT2D eigenvalue weighted by Crippen LogP contribution is -2.44. The molecule has 180 valence electrons. The Labute approximate surface area is 209 Å². The van der Waals surface area contributed by atoms with Gasteiger partial charge in [0.05, 0.1) is 18.9 Å². The molecule has 2 fully saturated rings. The second-order valence-corrected chi connectivity index (χ2v) is 7.96. The number of anilines is 2. The zero-order chi connectivity index (χ0) is 22.5. The van der Waals surface area contributed by atoms with Crippen molar-refractivity contribution in [2.75, 3.05) is 56.2 Å². The zero-order valence-electron chi connectivity index (χ0n) is 18.5. The van der Waals surface area contributed by atoms with Crippen LogP contribution in [-0.4, -0.2) is 58.4 Å². The van der Waals surface area contributed by atoms with Gasteiger partial charge in [0.1, 0.15) is 23.1 Å². The molecule has 2 aliphatic heterocycles. The van der Waals surface area contributed by atoms with Gasteiger partial charge in [0, 0.05) is 45.8 Å². The molecule has 1 atom stereocenters. The van der Waals surface area contributed by atoms with Crippen LogP contribution in [0.4, 0.5) is 24.5 Å². The van der Waals surface area contributed by atoms with Gasteiger partial charge in [-0.1, -0.05) is 12.1 Å². The molecule has 0 radical (unpaired) electrons. The number of rotatable bonds is 5. The molecule has 10 heteroatoms. The first-order valence-corrected chi connectivity index (χ1v) is 10.8. The van der Waals surface area contributed by atoms with Gasteiger partial charge in [0.2, 0.25) is 0 Å². The highest BCUT2D eigenvalue weighted by atomic mass is 127. The number of aliphatic imine (C=N–C) groups is 1. The van der Waals surface area contributed by atoms with Crippen molar-refractivity contribution < 1.29 is 17.9 Å². The van der Waals surface area contributed by atoms with Crippen molar-refractivity contribution in [1.82, 2.24) is 10.6 Å². The molecule has 2 aromatic carbocycles. The number of halogens is 4. The maximum atomic E-state index is 14.6. The van der Waals surface area contributed by atoms with Crippen LogP contribution < -0.4 is 20.4 Å². The Bertz CT molecular complexity index is 951. The molecule has 0 aromatic heterocycles. The van der Waals surface area contributed by atoms with Crippen LogP contribution in [0, 0.1) is 17.5 Å². The van der Waals surface area contributed by atoms with E-state index in [4.69, 9.17) is 4.74 Å². The van der Waals surface area contributed by atoms with Crippen LogP contribution in [0.3, 0.4) is 0 Å². The first-order valence-electron chi connectivity index (χ1n) is 10.8.